The second kappa shape index (κ2) is 7.75. The third-order valence-electron chi connectivity index (χ3n) is 4.59. The summed E-state index contributed by atoms with van der Waals surface area (Å²) in [5.41, 5.74) is 1.16. The molecule has 0 unspecified atom stereocenters. The van der Waals surface area contributed by atoms with Gasteiger partial charge in [-0.3, -0.25) is 9.78 Å². The van der Waals surface area contributed by atoms with E-state index in [0.717, 1.165) is 37.6 Å². The number of piperazine rings is 1. The average Bonchev–Trinajstić information content (AvgIpc) is 2.72. The summed E-state index contributed by atoms with van der Waals surface area (Å²) in [6, 6.07) is 13.3. The Morgan fingerprint density at radius 3 is 2.37 bits per heavy atom. The van der Waals surface area contributed by atoms with E-state index < -0.39 is 0 Å². The summed E-state index contributed by atoms with van der Waals surface area (Å²) in [5.74, 6) is 1.48. The molecular weight excluding hydrogens is 364 g/mol. The lowest BCUT2D eigenvalue weighted by Gasteiger charge is -2.35. The minimum absolute atomic E-state index is 0.206. The molecule has 0 saturated carbocycles. The molecule has 0 atom stereocenters. The third-order valence-corrected chi connectivity index (χ3v) is 4.84. The number of aromatic amines is 1. The van der Waals surface area contributed by atoms with Crippen molar-refractivity contribution in [2.24, 2.45) is 0 Å². The fraction of sp³-hybridized carbons (Fsp3) is 0.263. The summed E-state index contributed by atoms with van der Waals surface area (Å²) in [7, 11) is 0. The van der Waals surface area contributed by atoms with Crippen LogP contribution in [-0.2, 0) is 6.42 Å². The molecule has 138 valence electrons. The van der Waals surface area contributed by atoms with E-state index in [-0.39, 0.29) is 5.56 Å². The second-order valence-electron chi connectivity index (χ2n) is 6.39. The first-order valence-electron chi connectivity index (χ1n) is 8.80. The lowest BCUT2D eigenvalue weighted by Crippen LogP contribution is -2.48. The summed E-state index contributed by atoms with van der Waals surface area (Å²) < 4.78 is 0. The van der Waals surface area contributed by atoms with Crippen molar-refractivity contribution in [2.75, 3.05) is 36.0 Å². The van der Waals surface area contributed by atoms with E-state index in [2.05, 4.69) is 25.1 Å². The van der Waals surface area contributed by atoms with E-state index in [1.807, 2.05) is 35.2 Å². The van der Waals surface area contributed by atoms with Gasteiger partial charge in [0.1, 0.15) is 11.5 Å². The molecule has 1 aliphatic heterocycles. The van der Waals surface area contributed by atoms with Crippen molar-refractivity contribution in [1.29, 1.82) is 0 Å². The Labute approximate surface area is 161 Å². The molecule has 2 aromatic heterocycles. The van der Waals surface area contributed by atoms with Crippen molar-refractivity contribution in [3.63, 3.8) is 0 Å². The van der Waals surface area contributed by atoms with Gasteiger partial charge in [-0.25, -0.2) is 4.98 Å². The number of anilines is 2. The van der Waals surface area contributed by atoms with Crippen molar-refractivity contribution >= 4 is 23.4 Å². The Hall–Kier alpha value is -2.93. The van der Waals surface area contributed by atoms with Crippen LogP contribution in [0.15, 0.2) is 53.5 Å². The predicted octanol–water partition coefficient (Wildman–Crippen LogP) is 2.13. The van der Waals surface area contributed by atoms with Gasteiger partial charge < -0.3 is 9.80 Å². The van der Waals surface area contributed by atoms with E-state index in [0.29, 0.717) is 23.1 Å². The molecule has 1 fully saturated rings. The number of H-pyrrole nitrogens is 1. The van der Waals surface area contributed by atoms with Gasteiger partial charge in [0.15, 0.2) is 0 Å². The van der Waals surface area contributed by atoms with Crippen molar-refractivity contribution in [3.8, 4) is 0 Å². The number of nitrogens with zero attached hydrogens (tertiary/aromatic N) is 5. The zero-order valence-corrected chi connectivity index (χ0v) is 15.4. The van der Waals surface area contributed by atoms with Gasteiger partial charge in [0, 0.05) is 43.8 Å². The highest BCUT2D eigenvalue weighted by molar-refractivity contribution is 6.30. The monoisotopic (exact) mass is 382 g/mol. The SMILES string of the molecule is O=c1[nH]c(N2CCN(c3ccccn3)CC2)nnc1Cc1ccc(Cl)cc1. The van der Waals surface area contributed by atoms with Crippen molar-refractivity contribution in [2.45, 2.75) is 6.42 Å². The van der Waals surface area contributed by atoms with E-state index in [9.17, 15) is 4.79 Å². The Bertz CT molecular complexity index is 952. The number of pyridine rings is 1. The largest absolute Gasteiger partial charge is 0.353 e. The van der Waals surface area contributed by atoms with Gasteiger partial charge in [0.05, 0.1) is 0 Å². The maximum absolute atomic E-state index is 12.4. The first-order valence-corrected chi connectivity index (χ1v) is 9.18. The molecule has 1 saturated heterocycles. The zero-order chi connectivity index (χ0) is 18.6. The summed E-state index contributed by atoms with van der Waals surface area (Å²) in [5, 5.41) is 9.05. The molecule has 4 rings (SSSR count). The van der Waals surface area contributed by atoms with Gasteiger partial charge in [-0.05, 0) is 29.8 Å². The second-order valence-corrected chi connectivity index (χ2v) is 6.83. The zero-order valence-electron chi connectivity index (χ0n) is 14.7. The fourth-order valence-corrected chi connectivity index (χ4v) is 3.22. The maximum atomic E-state index is 12.4. The van der Waals surface area contributed by atoms with E-state index in [1.54, 1.807) is 18.3 Å². The van der Waals surface area contributed by atoms with Gasteiger partial charge in [-0.15, -0.1) is 10.2 Å². The topological polar surface area (TPSA) is 78.0 Å². The van der Waals surface area contributed by atoms with Crippen LogP contribution < -0.4 is 15.4 Å². The minimum atomic E-state index is -0.206. The number of benzene rings is 1. The Kier molecular flexibility index (Phi) is 5.02. The Balaban J connectivity index is 1.42. The van der Waals surface area contributed by atoms with E-state index in [1.165, 1.54) is 0 Å². The van der Waals surface area contributed by atoms with Crippen LogP contribution in [0.4, 0.5) is 11.8 Å². The molecular formula is C19H19ClN6O. The van der Waals surface area contributed by atoms with Crippen LogP contribution in [0.3, 0.4) is 0 Å². The normalized spacial score (nSPS) is 14.4. The van der Waals surface area contributed by atoms with Gasteiger partial charge >= 0.3 is 0 Å². The molecule has 0 aliphatic carbocycles. The molecule has 1 N–H and O–H groups in total. The van der Waals surface area contributed by atoms with Gasteiger partial charge in [-0.2, -0.15) is 0 Å². The average molecular weight is 383 g/mol. The number of hydrogen-bond donors (Lipinski definition) is 1. The lowest BCUT2D eigenvalue weighted by atomic mass is 10.1. The number of halogens is 1. The Morgan fingerprint density at radius 1 is 0.963 bits per heavy atom. The quantitative estimate of drug-likeness (QED) is 0.744. The number of aromatic nitrogens is 4. The molecule has 3 aromatic rings. The minimum Gasteiger partial charge on any atom is -0.353 e. The predicted molar refractivity (Wildman–Crippen MR) is 106 cm³/mol. The number of nitrogens with one attached hydrogen (secondary N) is 1. The van der Waals surface area contributed by atoms with Crippen molar-refractivity contribution in [3.05, 3.63) is 75.3 Å². The van der Waals surface area contributed by atoms with Crippen LogP contribution in [0.25, 0.3) is 0 Å². The summed E-state index contributed by atoms with van der Waals surface area (Å²) in [6.45, 7) is 3.12. The van der Waals surface area contributed by atoms with Crippen molar-refractivity contribution < 1.29 is 0 Å². The molecule has 0 spiro atoms. The summed E-state index contributed by atoms with van der Waals surface area (Å²) in [6.07, 6.45) is 2.22. The number of rotatable bonds is 4. The smallest absolute Gasteiger partial charge is 0.274 e. The molecule has 0 radical (unpaired) electrons. The first kappa shape index (κ1) is 17.5. The number of hydrogen-bond acceptors (Lipinski definition) is 6. The highest BCUT2D eigenvalue weighted by atomic mass is 35.5. The molecule has 1 aliphatic rings. The molecule has 1 aromatic carbocycles. The van der Waals surface area contributed by atoms with Crippen LogP contribution in [-0.4, -0.2) is 46.3 Å². The van der Waals surface area contributed by atoms with Crippen LogP contribution in [0.5, 0.6) is 0 Å². The standard InChI is InChI=1S/C19H19ClN6O/c20-15-6-4-14(5-7-15)13-16-18(27)22-19(24-23-16)26-11-9-25(10-12-26)17-3-1-2-8-21-17/h1-8H,9-13H2,(H,22,24,27). The molecule has 0 bridgehead atoms. The highest BCUT2D eigenvalue weighted by Crippen LogP contribution is 2.15. The van der Waals surface area contributed by atoms with Crippen LogP contribution >= 0.6 is 11.6 Å². The van der Waals surface area contributed by atoms with Gasteiger partial charge in [0.2, 0.25) is 5.95 Å². The van der Waals surface area contributed by atoms with Crippen molar-refractivity contribution in [1.82, 2.24) is 20.2 Å². The van der Waals surface area contributed by atoms with Gasteiger partial charge in [-0.1, -0.05) is 29.8 Å². The molecule has 27 heavy (non-hydrogen) atoms. The summed E-state index contributed by atoms with van der Waals surface area (Å²) >= 11 is 5.89. The maximum Gasteiger partial charge on any atom is 0.274 e. The van der Waals surface area contributed by atoms with Crippen LogP contribution in [0.2, 0.25) is 5.02 Å². The first-order chi connectivity index (χ1) is 13.2. The van der Waals surface area contributed by atoms with Gasteiger partial charge in [0.25, 0.3) is 5.56 Å². The van der Waals surface area contributed by atoms with Crippen LogP contribution in [0, 0.1) is 0 Å². The summed E-state index contributed by atoms with van der Waals surface area (Å²) in [4.78, 5) is 23.9. The van der Waals surface area contributed by atoms with E-state index in [4.69, 9.17) is 11.6 Å². The molecule has 7 nitrogen and oxygen atoms in total. The highest BCUT2D eigenvalue weighted by Gasteiger charge is 2.20. The Morgan fingerprint density at radius 2 is 1.70 bits per heavy atom. The molecule has 3 heterocycles. The van der Waals surface area contributed by atoms with E-state index >= 15 is 0 Å². The third kappa shape index (κ3) is 4.09. The van der Waals surface area contributed by atoms with Crippen LogP contribution in [0.1, 0.15) is 11.3 Å². The fourth-order valence-electron chi connectivity index (χ4n) is 3.09. The lowest BCUT2D eigenvalue weighted by molar-refractivity contribution is 0.626. The molecule has 8 heteroatoms. The molecule has 0 amide bonds.